The van der Waals surface area contributed by atoms with Crippen LogP contribution in [0.5, 0.6) is 0 Å². The number of aliphatic hydroxyl groups is 2. The van der Waals surface area contributed by atoms with Crippen LogP contribution in [0.25, 0.3) is 0 Å². The molecule has 1 heterocycles. The minimum atomic E-state index is -1.19. The highest BCUT2D eigenvalue weighted by Gasteiger charge is 2.45. The Morgan fingerprint density at radius 2 is 1.44 bits per heavy atom. The Morgan fingerprint density at radius 3 is 2.04 bits per heavy atom. The highest BCUT2D eigenvalue weighted by Crippen LogP contribution is 2.25. The van der Waals surface area contributed by atoms with Crippen molar-refractivity contribution < 1.29 is 29.2 Å². The van der Waals surface area contributed by atoms with Gasteiger partial charge in [-0.3, -0.25) is 0 Å². The van der Waals surface area contributed by atoms with Gasteiger partial charge in [0.25, 0.3) is 0 Å². The molecule has 0 saturated carbocycles. The van der Waals surface area contributed by atoms with E-state index in [0.29, 0.717) is 13.2 Å². The van der Waals surface area contributed by atoms with E-state index in [-0.39, 0.29) is 6.61 Å². The van der Waals surface area contributed by atoms with E-state index in [1.54, 1.807) is 0 Å². The van der Waals surface area contributed by atoms with Crippen LogP contribution in [0.4, 0.5) is 0 Å². The molecule has 0 aromatic heterocycles. The van der Waals surface area contributed by atoms with E-state index >= 15 is 0 Å². The summed E-state index contributed by atoms with van der Waals surface area (Å²) >= 11 is 0. The van der Waals surface area contributed by atoms with Crippen molar-refractivity contribution in [2.24, 2.45) is 0 Å². The van der Waals surface area contributed by atoms with Crippen molar-refractivity contribution in [2.45, 2.75) is 43.9 Å². The molecule has 1 saturated heterocycles. The molecule has 0 bridgehead atoms. The first-order valence-corrected chi connectivity index (χ1v) is 9.00. The van der Waals surface area contributed by atoms with Crippen LogP contribution in [0.1, 0.15) is 11.1 Å². The van der Waals surface area contributed by atoms with Gasteiger partial charge in [0.1, 0.15) is 24.4 Å². The Bertz CT molecular complexity index is 665. The Hall–Kier alpha value is -1.80. The monoisotopic (exact) mass is 374 g/mol. The largest absolute Gasteiger partial charge is 0.387 e. The molecule has 6 nitrogen and oxygen atoms in total. The third kappa shape index (κ3) is 5.35. The van der Waals surface area contributed by atoms with Gasteiger partial charge in [-0.05, 0) is 11.1 Å². The number of benzene rings is 2. The number of ether oxygens (including phenoxy) is 4. The molecule has 2 N–H and O–H groups in total. The standard InChI is InChI=1S/C21H26O6/c1-24-21-19(23)18(22)20(26-13-16-10-6-3-7-11-16)17(27-21)14-25-12-15-8-4-2-5-9-15/h2-11,17-23H,12-14H2,1H3/t17-,18-,19-,20-,21+/m1/s1. The van der Waals surface area contributed by atoms with E-state index in [1.165, 1.54) is 7.11 Å². The van der Waals surface area contributed by atoms with Gasteiger partial charge in [0.05, 0.1) is 19.8 Å². The number of rotatable bonds is 8. The van der Waals surface area contributed by atoms with Gasteiger partial charge in [-0.2, -0.15) is 0 Å². The Morgan fingerprint density at radius 1 is 0.852 bits per heavy atom. The molecule has 0 radical (unpaired) electrons. The molecule has 1 aliphatic heterocycles. The number of hydrogen-bond donors (Lipinski definition) is 2. The average Bonchev–Trinajstić information content (AvgIpc) is 2.71. The fraction of sp³-hybridized carbons (Fsp3) is 0.429. The maximum Gasteiger partial charge on any atom is 0.186 e. The average molecular weight is 374 g/mol. The lowest BCUT2D eigenvalue weighted by molar-refractivity contribution is -0.305. The zero-order valence-corrected chi connectivity index (χ0v) is 15.3. The predicted octanol–water partition coefficient (Wildman–Crippen LogP) is 1.88. The molecule has 5 atom stereocenters. The van der Waals surface area contributed by atoms with Crippen molar-refractivity contribution in [1.82, 2.24) is 0 Å². The summed E-state index contributed by atoms with van der Waals surface area (Å²) in [5.74, 6) is 0. The molecule has 146 valence electrons. The van der Waals surface area contributed by atoms with E-state index < -0.39 is 30.7 Å². The van der Waals surface area contributed by atoms with Crippen molar-refractivity contribution in [3.8, 4) is 0 Å². The second kappa shape index (κ2) is 9.94. The Labute approximate surface area is 159 Å². The van der Waals surface area contributed by atoms with Gasteiger partial charge >= 0.3 is 0 Å². The topological polar surface area (TPSA) is 77.4 Å². The predicted molar refractivity (Wildman–Crippen MR) is 98.8 cm³/mol. The summed E-state index contributed by atoms with van der Waals surface area (Å²) in [4.78, 5) is 0. The van der Waals surface area contributed by atoms with Crippen molar-refractivity contribution in [2.75, 3.05) is 13.7 Å². The highest BCUT2D eigenvalue weighted by atomic mass is 16.7. The number of aliphatic hydroxyl groups excluding tert-OH is 2. The van der Waals surface area contributed by atoms with Gasteiger partial charge in [-0.15, -0.1) is 0 Å². The third-order valence-corrected chi connectivity index (χ3v) is 4.55. The van der Waals surface area contributed by atoms with Crippen molar-refractivity contribution in [1.29, 1.82) is 0 Å². The summed E-state index contributed by atoms with van der Waals surface area (Å²) in [6.45, 7) is 0.922. The molecule has 6 heteroatoms. The van der Waals surface area contributed by atoms with Crippen LogP contribution < -0.4 is 0 Å². The lowest BCUT2D eigenvalue weighted by Gasteiger charge is -2.41. The minimum absolute atomic E-state index is 0.206. The normalized spacial score (nSPS) is 28.2. The first-order chi connectivity index (χ1) is 13.2. The van der Waals surface area contributed by atoms with E-state index in [1.807, 2.05) is 60.7 Å². The van der Waals surface area contributed by atoms with E-state index in [0.717, 1.165) is 11.1 Å². The van der Waals surface area contributed by atoms with Gasteiger partial charge in [-0.25, -0.2) is 0 Å². The zero-order chi connectivity index (χ0) is 19.1. The Kier molecular flexibility index (Phi) is 7.34. The number of methoxy groups -OCH3 is 1. The molecular formula is C21H26O6. The molecule has 0 amide bonds. The highest BCUT2D eigenvalue weighted by molar-refractivity contribution is 5.14. The summed E-state index contributed by atoms with van der Waals surface area (Å²) in [5.41, 5.74) is 2.01. The molecule has 2 aromatic rings. The van der Waals surface area contributed by atoms with Crippen LogP contribution in [-0.4, -0.2) is 54.6 Å². The van der Waals surface area contributed by atoms with Crippen LogP contribution in [0.3, 0.4) is 0 Å². The summed E-state index contributed by atoms with van der Waals surface area (Å²) in [7, 11) is 1.42. The third-order valence-electron chi connectivity index (χ3n) is 4.55. The summed E-state index contributed by atoms with van der Waals surface area (Å²) in [5, 5.41) is 20.7. The van der Waals surface area contributed by atoms with Gasteiger partial charge in [0.15, 0.2) is 6.29 Å². The molecule has 0 aliphatic carbocycles. The second-order valence-electron chi connectivity index (χ2n) is 6.52. The van der Waals surface area contributed by atoms with Crippen LogP contribution in [-0.2, 0) is 32.2 Å². The summed E-state index contributed by atoms with van der Waals surface area (Å²) in [6.07, 6.45) is -4.57. The maximum atomic E-state index is 10.5. The summed E-state index contributed by atoms with van der Waals surface area (Å²) in [6, 6.07) is 19.4. The van der Waals surface area contributed by atoms with Gasteiger partial charge in [0, 0.05) is 7.11 Å². The van der Waals surface area contributed by atoms with Gasteiger partial charge < -0.3 is 29.2 Å². The van der Waals surface area contributed by atoms with E-state index in [9.17, 15) is 10.2 Å². The van der Waals surface area contributed by atoms with Gasteiger partial charge in [-0.1, -0.05) is 60.7 Å². The maximum absolute atomic E-state index is 10.5. The fourth-order valence-electron chi connectivity index (χ4n) is 3.07. The SMILES string of the molecule is CO[C@H]1O[C@H](COCc2ccccc2)[C@@H](OCc2ccccc2)[C@H](O)[C@H]1O. The van der Waals surface area contributed by atoms with Crippen LogP contribution in [0.15, 0.2) is 60.7 Å². The number of hydrogen-bond acceptors (Lipinski definition) is 6. The molecule has 2 aromatic carbocycles. The summed E-state index contributed by atoms with van der Waals surface area (Å²) < 4.78 is 22.6. The van der Waals surface area contributed by atoms with Crippen LogP contribution in [0, 0.1) is 0 Å². The van der Waals surface area contributed by atoms with Crippen LogP contribution in [0.2, 0.25) is 0 Å². The molecular weight excluding hydrogens is 348 g/mol. The van der Waals surface area contributed by atoms with E-state index in [4.69, 9.17) is 18.9 Å². The second-order valence-corrected chi connectivity index (χ2v) is 6.52. The van der Waals surface area contributed by atoms with Crippen molar-refractivity contribution >= 4 is 0 Å². The first-order valence-electron chi connectivity index (χ1n) is 9.00. The minimum Gasteiger partial charge on any atom is -0.387 e. The van der Waals surface area contributed by atoms with E-state index in [2.05, 4.69) is 0 Å². The zero-order valence-electron chi connectivity index (χ0n) is 15.3. The smallest absolute Gasteiger partial charge is 0.186 e. The van der Waals surface area contributed by atoms with Crippen LogP contribution >= 0.6 is 0 Å². The Balaban J connectivity index is 1.62. The molecule has 0 spiro atoms. The quantitative estimate of drug-likeness (QED) is 0.735. The molecule has 3 rings (SSSR count). The van der Waals surface area contributed by atoms with Gasteiger partial charge in [0.2, 0.25) is 0 Å². The van der Waals surface area contributed by atoms with Crippen molar-refractivity contribution in [3.63, 3.8) is 0 Å². The molecule has 1 aliphatic rings. The lowest BCUT2D eigenvalue weighted by Crippen LogP contribution is -2.60. The fourth-order valence-corrected chi connectivity index (χ4v) is 3.07. The molecule has 1 fully saturated rings. The first kappa shape index (κ1) is 19.9. The molecule has 0 unspecified atom stereocenters. The lowest BCUT2D eigenvalue weighted by atomic mass is 9.99. The molecule has 27 heavy (non-hydrogen) atoms. The van der Waals surface area contributed by atoms with Crippen molar-refractivity contribution in [3.05, 3.63) is 71.8 Å².